The molecule has 146 valence electrons. The Morgan fingerprint density at radius 3 is 2.53 bits per heavy atom. The van der Waals surface area contributed by atoms with Crippen LogP contribution in [0.2, 0.25) is 0 Å². The van der Waals surface area contributed by atoms with Gasteiger partial charge in [-0.1, -0.05) is 36.4 Å². The second kappa shape index (κ2) is 8.05. The van der Waals surface area contributed by atoms with Crippen LogP contribution in [0.1, 0.15) is 5.56 Å². The van der Waals surface area contributed by atoms with Gasteiger partial charge in [0.05, 0.1) is 17.6 Å². The predicted octanol–water partition coefficient (Wildman–Crippen LogP) is 5.11. The van der Waals surface area contributed by atoms with Crippen molar-refractivity contribution in [3.8, 4) is 17.1 Å². The fourth-order valence-corrected chi connectivity index (χ4v) is 3.19. The van der Waals surface area contributed by atoms with Crippen LogP contribution in [0.15, 0.2) is 97.5 Å². The van der Waals surface area contributed by atoms with E-state index >= 15 is 0 Å². The number of rotatable bonds is 6. The van der Waals surface area contributed by atoms with Gasteiger partial charge in [0, 0.05) is 18.1 Å². The minimum absolute atomic E-state index is 0.524. The summed E-state index contributed by atoms with van der Waals surface area (Å²) < 4.78 is 7.84. The number of anilines is 2. The molecule has 0 saturated heterocycles. The van der Waals surface area contributed by atoms with Crippen LogP contribution in [-0.4, -0.2) is 19.4 Å². The first-order valence-corrected chi connectivity index (χ1v) is 9.64. The lowest BCUT2D eigenvalue weighted by molar-refractivity contribution is 0.306. The van der Waals surface area contributed by atoms with Gasteiger partial charge in [-0.2, -0.15) is 0 Å². The van der Waals surface area contributed by atoms with Gasteiger partial charge in [-0.05, 0) is 48.0 Å². The van der Waals surface area contributed by atoms with E-state index in [-0.39, 0.29) is 0 Å². The van der Waals surface area contributed by atoms with Crippen LogP contribution in [0.5, 0.6) is 5.75 Å². The molecule has 3 aromatic heterocycles. The van der Waals surface area contributed by atoms with Crippen molar-refractivity contribution in [2.75, 3.05) is 5.32 Å². The number of pyridine rings is 1. The van der Waals surface area contributed by atoms with Crippen LogP contribution < -0.4 is 10.1 Å². The number of ether oxygens (including phenoxy) is 1. The Hall–Kier alpha value is -4.19. The molecule has 5 aromatic rings. The minimum Gasteiger partial charge on any atom is -0.489 e. The molecule has 0 fully saturated rings. The maximum absolute atomic E-state index is 5.84. The molecule has 0 aliphatic carbocycles. The summed E-state index contributed by atoms with van der Waals surface area (Å²) in [5, 5.41) is 3.25. The lowest BCUT2D eigenvalue weighted by Gasteiger charge is -2.09. The van der Waals surface area contributed by atoms with E-state index in [2.05, 4.69) is 20.3 Å². The van der Waals surface area contributed by atoms with Gasteiger partial charge in [-0.3, -0.25) is 4.40 Å². The van der Waals surface area contributed by atoms with Crippen LogP contribution >= 0.6 is 0 Å². The number of nitrogens with zero attached hydrogens (tertiary/aromatic N) is 4. The molecule has 0 radical (unpaired) electrons. The Balaban J connectivity index is 1.30. The molecule has 0 atom stereocenters. The molecule has 1 N–H and O–H groups in total. The molecule has 6 nitrogen and oxygen atoms in total. The molecule has 0 unspecified atom stereocenters. The SMILES string of the molecule is c1ccc(COc2ccc(Nc3nccc(-c4cnc5ccccn45)n3)cc2)cc1. The fraction of sp³-hybridized carbons (Fsp3) is 0.0417. The van der Waals surface area contributed by atoms with Crippen molar-refractivity contribution in [1.29, 1.82) is 0 Å². The first-order chi connectivity index (χ1) is 14.8. The second-order valence-electron chi connectivity index (χ2n) is 6.76. The number of fused-ring (bicyclic) bond motifs is 1. The second-order valence-corrected chi connectivity index (χ2v) is 6.76. The number of imidazole rings is 1. The average Bonchev–Trinajstić information content (AvgIpc) is 3.24. The van der Waals surface area contributed by atoms with E-state index in [1.165, 1.54) is 0 Å². The number of hydrogen-bond acceptors (Lipinski definition) is 5. The average molecular weight is 393 g/mol. The van der Waals surface area contributed by atoms with E-state index < -0.39 is 0 Å². The highest BCUT2D eigenvalue weighted by Gasteiger charge is 2.08. The summed E-state index contributed by atoms with van der Waals surface area (Å²) in [6.07, 6.45) is 5.53. The van der Waals surface area contributed by atoms with Crippen LogP contribution in [0, 0.1) is 0 Å². The van der Waals surface area contributed by atoms with Gasteiger partial charge in [-0.15, -0.1) is 0 Å². The minimum atomic E-state index is 0.524. The Labute approximate surface area is 173 Å². The zero-order valence-corrected chi connectivity index (χ0v) is 16.1. The Morgan fingerprint density at radius 1 is 0.833 bits per heavy atom. The van der Waals surface area contributed by atoms with Gasteiger partial charge >= 0.3 is 0 Å². The summed E-state index contributed by atoms with van der Waals surface area (Å²) in [4.78, 5) is 13.4. The van der Waals surface area contributed by atoms with Crippen LogP contribution in [0.25, 0.3) is 17.0 Å². The van der Waals surface area contributed by atoms with Gasteiger partial charge in [0.1, 0.15) is 18.0 Å². The molecule has 5 rings (SSSR count). The van der Waals surface area contributed by atoms with Crippen molar-refractivity contribution in [2.24, 2.45) is 0 Å². The Bertz CT molecular complexity index is 1270. The van der Waals surface area contributed by atoms with Crippen molar-refractivity contribution >= 4 is 17.3 Å². The summed E-state index contributed by atoms with van der Waals surface area (Å²) in [6, 6.07) is 25.6. The number of hydrogen-bond donors (Lipinski definition) is 1. The first kappa shape index (κ1) is 17.9. The van der Waals surface area contributed by atoms with Crippen LogP contribution in [-0.2, 0) is 6.61 Å². The van der Waals surface area contributed by atoms with E-state index in [1.807, 2.05) is 95.7 Å². The summed E-state index contributed by atoms with van der Waals surface area (Å²) in [7, 11) is 0. The molecule has 30 heavy (non-hydrogen) atoms. The van der Waals surface area contributed by atoms with Crippen molar-refractivity contribution < 1.29 is 4.74 Å². The summed E-state index contributed by atoms with van der Waals surface area (Å²) >= 11 is 0. The van der Waals surface area contributed by atoms with E-state index in [9.17, 15) is 0 Å². The highest BCUT2D eigenvalue weighted by Crippen LogP contribution is 2.22. The molecule has 0 bridgehead atoms. The van der Waals surface area contributed by atoms with Crippen molar-refractivity contribution in [2.45, 2.75) is 6.61 Å². The maximum atomic E-state index is 5.84. The van der Waals surface area contributed by atoms with Gasteiger partial charge in [0.25, 0.3) is 0 Å². The summed E-state index contributed by atoms with van der Waals surface area (Å²) in [5.41, 5.74) is 4.62. The molecule has 2 aromatic carbocycles. The zero-order valence-electron chi connectivity index (χ0n) is 16.1. The third-order valence-electron chi connectivity index (χ3n) is 4.69. The van der Waals surface area contributed by atoms with E-state index in [4.69, 9.17) is 4.74 Å². The van der Waals surface area contributed by atoms with Crippen molar-refractivity contribution in [1.82, 2.24) is 19.4 Å². The van der Waals surface area contributed by atoms with E-state index in [0.29, 0.717) is 12.6 Å². The fourth-order valence-electron chi connectivity index (χ4n) is 3.19. The Kier molecular flexibility index (Phi) is 4.79. The van der Waals surface area contributed by atoms with Crippen molar-refractivity contribution in [3.63, 3.8) is 0 Å². The quantitative estimate of drug-likeness (QED) is 0.434. The molecular weight excluding hydrogens is 374 g/mol. The van der Waals surface area contributed by atoms with Crippen LogP contribution in [0.3, 0.4) is 0 Å². The van der Waals surface area contributed by atoms with Gasteiger partial charge in [0.15, 0.2) is 0 Å². The molecule has 0 spiro atoms. The first-order valence-electron chi connectivity index (χ1n) is 9.64. The molecular formula is C24H19N5O. The molecule has 6 heteroatoms. The summed E-state index contributed by atoms with van der Waals surface area (Å²) in [6.45, 7) is 0.540. The zero-order chi connectivity index (χ0) is 20.2. The van der Waals surface area contributed by atoms with Gasteiger partial charge in [0.2, 0.25) is 5.95 Å². The summed E-state index contributed by atoms with van der Waals surface area (Å²) in [5.74, 6) is 1.33. The number of nitrogens with one attached hydrogen (secondary N) is 1. The maximum Gasteiger partial charge on any atom is 0.227 e. The lowest BCUT2D eigenvalue weighted by Crippen LogP contribution is -1.99. The van der Waals surface area contributed by atoms with Gasteiger partial charge in [-0.25, -0.2) is 15.0 Å². The molecule has 0 aliphatic heterocycles. The highest BCUT2D eigenvalue weighted by molar-refractivity contribution is 5.62. The topological polar surface area (TPSA) is 64.3 Å². The van der Waals surface area contributed by atoms with Crippen LogP contribution in [0.4, 0.5) is 11.6 Å². The highest BCUT2D eigenvalue weighted by atomic mass is 16.5. The number of aromatic nitrogens is 4. The smallest absolute Gasteiger partial charge is 0.227 e. The van der Waals surface area contributed by atoms with Crippen molar-refractivity contribution in [3.05, 3.63) is 103 Å². The third-order valence-corrected chi connectivity index (χ3v) is 4.69. The Morgan fingerprint density at radius 2 is 1.67 bits per heavy atom. The largest absolute Gasteiger partial charge is 0.489 e. The molecule has 0 saturated carbocycles. The molecule has 0 amide bonds. The lowest BCUT2D eigenvalue weighted by atomic mass is 10.2. The van der Waals surface area contributed by atoms with E-state index in [1.54, 1.807) is 6.20 Å². The number of benzene rings is 2. The molecule has 0 aliphatic rings. The third kappa shape index (κ3) is 3.84. The standard InChI is InChI=1S/C24H19N5O/c1-2-6-18(7-3-1)17-30-20-11-9-19(10-12-20)27-24-25-14-13-21(28-24)22-16-26-23-8-4-5-15-29(22)23/h1-16H,17H2,(H,25,27,28). The monoisotopic (exact) mass is 393 g/mol. The van der Waals surface area contributed by atoms with E-state index in [0.717, 1.165) is 34.0 Å². The normalized spacial score (nSPS) is 10.8. The predicted molar refractivity (Wildman–Crippen MR) is 117 cm³/mol. The van der Waals surface area contributed by atoms with Gasteiger partial charge < -0.3 is 10.1 Å². The molecule has 3 heterocycles.